The van der Waals surface area contributed by atoms with E-state index in [0.29, 0.717) is 13.1 Å². The summed E-state index contributed by atoms with van der Waals surface area (Å²) in [6, 6.07) is 7.58. The Morgan fingerprint density at radius 3 is 2.70 bits per heavy atom. The third kappa shape index (κ3) is 4.78. The van der Waals surface area contributed by atoms with Crippen LogP contribution in [0.3, 0.4) is 0 Å². The average Bonchev–Trinajstić information content (AvgIpc) is 3.20. The van der Waals surface area contributed by atoms with Gasteiger partial charge in [-0.15, -0.1) is 0 Å². The number of halogens is 1. The molecule has 1 aliphatic rings. The standard InChI is InChI=1S/C17H23ClN4O/c18-15-3-5-16(6-4-15)22-12-14(10-20-22)9-19-11-17(23)13-21-7-1-2-8-21/h3-6,10,12,17,19,23H,1-2,7-9,11,13H2. The highest BCUT2D eigenvalue weighted by atomic mass is 35.5. The van der Waals surface area contributed by atoms with Crippen molar-refractivity contribution >= 4 is 11.6 Å². The Labute approximate surface area is 141 Å². The van der Waals surface area contributed by atoms with Crippen LogP contribution in [0.5, 0.6) is 0 Å². The second-order valence-electron chi connectivity index (χ2n) is 6.06. The van der Waals surface area contributed by atoms with Gasteiger partial charge in [0, 0.05) is 36.4 Å². The van der Waals surface area contributed by atoms with Gasteiger partial charge >= 0.3 is 0 Å². The molecule has 1 aliphatic heterocycles. The van der Waals surface area contributed by atoms with E-state index >= 15 is 0 Å². The van der Waals surface area contributed by atoms with Gasteiger partial charge in [0.05, 0.1) is 18.0 Å². The van der Waals surface area contributed by atoms with E-state index in [0.717, 1.165) is 35.9 Å². The topological polar surface area (TPSA) is 53.3 Å². The molecule has 1 fully saturated rings. The smallest absolute Gasteiger partial charge is 0.0791 e. The molecule has 0 radical (unpaired) electrons. The summed E-state index contributed by atoms with van der Waals surface area (Å²) >= 11 is 5.90. The van der Waals surface area contributed by atoms with E-state index in [-0.39, 0.29) is 6.10 Å². The third-order valence-corrected chi connectivity index (χ3v) is 4.36. The third-order valence-electron chi connectivity index (χ3n) is 4.10. The second-order valence-corrected chi connectivity index (χ2v) is 6.50. The molecule has 0 aliphatic carbocycles. The number of aliphatic hydroxyl groups is 1. The number of rotatable bonds is 7. The molecule has 23 heavy (non-hydrogen) atoms. The van der Waals surface area contributed by atoms with Crippen LogP contribution >= 0.6 is 11.6 Å². The zero-order valence-electron chi connectivity index (χ0n) is 13.2. The molecule has 6 heteroatoms. The Morgan fingerprint density at radius 1 is 1.22 bits per heavy atom. The van der Waals surface area contributed by atoms with Crippen LogP contribution in [0.25, 0.3) is 5.69 Å². The quantitative estimate of drug-likeness (QED) is 0.814. The summed E-state index contributed by atoms with van der Waals surface area (Å²) in [4.78, 5) is 2.32. The molecule has 0 bridgehead atoms. The van der Waals surface area contributed by atoms with Crippen molar-refractivity contribution in [3.63, 3.8) is 0 Å². The van der Waals surface area contributed by atoms with Gasteiger partial charge in [-0.2, -0.15) is 5.10 Å². The second kappa shape index (κ2) is 7.93. The summed E-state index contributed by atoms with van der Waals surface area (Å²) in [6.07, 6.45) is 6.02. The van der Waals surface area contributed by atoms with Gasteiger partial charge in [0.25, 0.3) is 0 Å². The first kappa shape index (κ1) is 16.5. The largest absolute Gasteiger partial charge is 0.390 e. The molecule has 5 nitrogen and oxygen atoms in total. The van der Waals surface area contributed by atoms with Crippen LogP contribution in [0.4, 0.5) is 0 Å². The number of likely N-dealkylation sites (tertiary alicyclic amines) is 1. The van der Waals surface area contributed by atoms with Gasteiger partial charge in [0.1, 0.15) is 0 Å². The van der Waals surface area contributed by atoms with Crippen molar-refractivity contribution in [3.05, 3.63) is 47.2 Å². The molecule has 0 amide bonds. The summed E-state index contributed by atoms with van der Waals surface area (Å²) in [6.45, 7) is 4.29. The summed E-state index contributed by atoms with van der Waals surface area (Å²) < 4.78 is 1.83. The number of hydrogen-bond acceptors (Lipinski definition) is 4. The molecule has 1 unspecified atom stereocenters. The predicted molar refractivity (Wildman–Crippen MR) is 92.0 cm³/mol. The molecular weight excluding hydrogens is 312 g/mol. The van der Waals surface area contributed by atoms with E-state index in [1.54, 1.807) is 0 Å². The van der Waals surface area contributed by atoms with Crippen LogP contribution < -0.4 is 5.32 Å². The normalized spacial score (nSPS) is 16.8. The summed E-state index contributed by atoms with van der Waals surface area (Å²) in [5.41, 5.74) is 2.07. The first-order chi connectivity index (χ1) is 11.2. The van der Waals surface area contributed by atoms with Crippen LogP contribution in [0.15, 0.2) is 36.7 Å². The van der Waals surface area contributed by atoms with Gasteiger partial charge in [-0.05, 0) is 50.2 Å². The number of β-amino-alcohol motifs (C(OH)–C–C–N with tert-alkyl or cyclic N) is 1. The Morgan fingerprint density at radius 2 is 1.96 bits per heavy atom. The van der Waals surface area contributed by atoms with Crippen molar-refractivity contribution in [2.75, 3.05) is 26.2 Å². The Hall–Kier alpha value is -1.40. The van der Waals surface area contributed by atoms with Crippen molar-refractivity contribution in [2.24, 2.45) is 0 Å². The molecule has 2 heterocycles. The van der Waals surface area contributed by atoms with Gasteiger partial charge in [-0.25, -0.2) is 4.68 Å². The predicted octanol–water partition coefficient (Wildman–Crippen LogP) is 2.07. The number of aliphatic hydroxyl groups excluding tert-OH is 1. The van der Waals surface area contributed by atoms with E-state index in [4.69, 9.17) is 11.6 Å². The maximum atomic E-state index is 10.1. The molecule has 2 aromatic rings. The number of nitrogens with one attached hydrogen (secondary N) is 1. The highest BCUT2D eigenvalue weighted by Gasteiger charge is 2.15. The fourth-order valence-electron chi connectivity index (χ4n) is 2.90. The minimum absolute atomic E-state index is 0.320. The molecule has 2 N–H and O–H groups in total. The molecule has 1 atom stereocenters. The van der Waals surface area contributed by atoms with E-state index in [1.807, 2.05) is 41.3 Å². The van der Waals surface area contributed by atoms with Gasteiger partial charge in [0.2, 0.25) is 0 Å². The SMILES string of the molecule is OC(CNCc1cnn(-c2ccc(Cl)cc2)c1)CN1CCCC1. The fourth-order valence-corrected chi connectivity index (χ4v) is 3.02. The fraction of sp³-hybridized carbons (Fsp3) is 0.471. The lowest BCUT2D eigenvalue weighted by Gasteiger charge is -2.19. The van der Waals surface area contributed by atoms with E-state index in [9.17, 15) is 5.11 Å². The van der Waals surface area contributed by atoms with Gasteiger partial charge in [-0.3, -0.25) is 0 Å². The first-order valence-electron chi connectivity index (χ1n) is 8.11. The summed E-state index contributed by atoms with van der Waals surface area (Å²) in [5.74, 6) is 0. The minimum atomic E-state index is -0.320. The zero-order valence-corrected chi connectivity index (χ0v) is 13.9. The van der Waals surface area contributed by atoms with Crippen molar-refractivity contribution < 1.29 is 5.11 Å². The molecule has 124 valence electrons. The van der Waals surface area contributed by atoms with E-state index in [2.05, 4.69) is 15.3 Å². The van der Waals surface area contributed by atoms with Crippen molar-refractivity contribution in [1.82, 2.24) is 20.0 Å². The zero-order chi connectivity index (χ0) is 16.1. The van der Waals surface area contributed by atoms with Crippen LogP contribution in [0, 0.1) is 0 Å². The Bertz CT molecular complexity index is 607. The number of hydrogen-bond donors (Lipinski definition) is 2. The molecule has 3 rings (SSSR count). The van der Waals surface area contributed by atoms with Crippen LogP contribution in [-0.2, 0) is 6.54 Å². The lowest BCUT2D eigenvalue weighted by Crippen LogP contribution is -2.36. The molecule has 1 saturated heterocycles. The maximum absolute atomic E-state index is 10.1. The monoisotopic (exact) mass is 334 g/mol. The van der Waals surface area contributed by atoms with Crippen LogP contribution in [-0.4, -0.2) is 52.1 Å². The van der Waals surface area contributed by atoms with Crippen molar-refractivity contribution in [1.29, 1.82) is 0 Å². The Balaban J connectivity index is 1.44. The molecule has 1 aromatic heterocycles. The molecule has 0 saturated carbocycles. The van der Waals surface area contributed by atoms with Gasteiger partial charge < -0.3 is 15.3 Å². The average molecular weight is 335 g/mol. The number of aromatic nitrogens is 2. The number of nitrogens with zero attached hydrogens (tertiary/aromatic N) is 3. The molecule has 0 spiro atoms. The minimum Gasteiger partial charge on any atom is -0.390 e. The van der Waals surface area contributed by atoms with Crippen LogP contribution in [0.1, 0.15) is 18.4 Å². The summed E-state index contributed by atoms with van der Waals surface area (Å²) in [5, 5.41) is 18.4. The molecular formula is C17H23ClN4O. The highest BCUT2D eigenvalue weighted by molar-refractivity contribution is 6.30. The lowest BCUT2D eigenvalue weighted by atomic mass is 10.3. The summed E-state index contributed by atoms with van der Waals surface area (Å²) in [7, 11) is 0. The van der Waals surface area contributed by atoms with Gasteiger partial charge in [0.15, 0.2) is 0 Å². The van der Waals surface area contributed by atoms with Crippen molar-refractivity contribution in [2.45, 2.75) is 25.5 Å². The van der Waals surface area contributed by atoms with Crippen LogP contribution in [0.2, 0.25) is 5.02 Å². The highest BCUT2D eigenvalue weighted by Crippen LogP contribution is 2.13. The van der Waals surface area contributed by atoms with E-state index in [1.165, 1.54) is 12.8 Å². The Kier molecular flexibility index (Phi) is 5.67. The first-order valence-corrected chi connectivity index (χ1v) is 8.49. The molecule has 1 aromatic carbocycles. The lowest BCUT2D eigenvalue weighted by molar-refractivity contribution is 0.123. The van der Waals surface area contributed by atoms with E-state index < -0.39 is 0 Å². The maximum Gasteiger partial charge on any atom is 0.0791 e. The number of benzene rings is 1. The van der Waals surface area contributed by atoms with Gasteiger partial charge in [-0.1, -0.05) is 11.6 Å². The van der Waals surface area contributed by atoms with Crippen molar-refractivity contribution in [3.8, 4) is 5.69 Å².